The molecule has 0 unspecified atom stereocenters. The van der Waals surface area contributed by atoms with Gasteiger partial charge in [0.1, 0.15) is 5.65 Å². The van der Waals surface area contributed by atoms with Gasteiger partial charge in [0, 0.05) is 12.4 Å². The molecule has 3 aromatic rings. The summed E-state index contributed by atoms with van der Waals surface area (Å²) in [5, 5.41) is 0. The zero-order chi connectivity index (χ0) is 12.2. The van der Waals surface area contributed by atoms with Crippen LogP contribution in [-0.4, -0.2) is 9.38 Å². The second-order valence-corrected chi connectivity index (χ2v) is 4.22. The van der Waals surface area contributed by atoms with Gasteiger partial charge in [-0.15, -0.1) is 0 Å². The van der Waals surface area contributed by atoms with Crippen LogP contribution in [0.3, 0.4) is 0 Å². The highest BCUT2D eigenvalue weighted by atomic mass is 15.0. The quantitative estimate of drug-likeness (QED) is 0.677. The topological polar surface area (TPSA) is 17.3 Å². The first-order valence-electron chi connectivity index (χ1n) is 6.06. The lowest BCUT2D eigenvalue weighted by atomic mass is 10.1. The standard InChI is InChI=1S/C16H14N2/c1-2-7-14(8-3-1)9-6-10-15-13-18-12-5-4-11-16(18)17-15/h1-8,10-13H,9H2/b10-6-. The Labute approximate surface area is 106 Å². The van der Waals surface area contributed by atoms with Crippen molar-refractivity contribution in [3.63, 3.8) is 0 Å². The van der Waals surface area contributed by atoms with Crippen LogP contribution < -0.4 is 0 Å². The van der Waals surface area contributed by atoms with E-state index < -0.39 is 0 Å². The molecule has 1 aromatic carbocycles. The van der Waals surface area contributed by atoms with E-state index in [4.69, 9.17) is 0 Å². The minimum Gasteiger partial charge on any atom is -0.306 e. The van der Waals surface area contributed by atoms with E-state index in [0.29, 0.717) is 0 Å². The van der Waals surface area contributed by atoms with Crippen molar-refractivity contribution in [3.8, 4) is 0 Å². The van der Waals surface area contributed by atoms with Crippen molar-refractivity contribution in [2.45, 2.75) is 6.42 Å². The zero-order valence-electron chi connectivity index (χ0n) is 10.0. The molecule has 88 valence electrons. The number of benzene rings is 1. The monoisotopic (exact) mass is 234 g/mol. The average Bonchev–Trinajstić information content (AvgIpc) is 2.82. The molecule has 0 atom stereocenters. The minimum atomic E-state index is 0.939. The third kappa shape index (κ3) is 2.33. The van der Waals surface area contributed by atoms with Gasteiger partial charge in [0.25, 0.3) is 0 Å². The number of nitrogens with zero attached hydrogens (tertiary/aromatic N) is 2. The molecule has 0 amide bonds. The van der Waals surface area contributed by atoms with Gasteiger partial charge in [0.15, 0.2) is 0 Å². The molecule has 0 saturated carbocycles. The van der Waals surface area contributed by atoms with Crippen LogP contribution in [0.5, 0.6) is 0 Å². The number of hydrogen-bond donors (Lipinski definition) is 0. The number of fused-ring (bicyclic) bond motifs is 1. The van der Waals surface area contributed by atoms with Gasteiger partial charge in [-0.25, -0.2) is 4.98 Å². The van der Waals surface area contributed by atoms with Gasteiger partial charge in [-0.1, -0.05) is 42.5 Å². The van der Waals surface area contributed by atoms with E-state index in [1.54, 1.807) is 0 Å². The van der Waals surface area contributed by atoms with Gasteiger partial charge in [-0.2, -0.15) is 0 Å². The molecule has 0 bridgehead atoms. The Morgan fingerprint density at radius 1 is 1.00 bits per heavy atom. The van der Waals surface area contributed by atoms with Crippen LogP contribution in [0.25, 0.3) is 11.7 Å². The molecule has 0 spiro atoms. The number of imidazole rings is 1. The maximum absolute atomic E-state index is 4.52. The maximum Gasteiger partial charge on any atom is 0.137 e. The molecular formula is C16H14N2. The predicted octanol–water partition coefficient (Wildman–Crippen LogP) is 3.59. The predicted molar refractivity (Wildman–Crippen MR) is 74.4 cm³/mol. The van der Waals surface area contributed by atoms with E-state index in [1.807, 2.05) is 41.1 Å². The van der Waals surface area contributed by atoms with Crippen LogP contribution >= 0.6 is 0 Å². The third-order valence-corrected chi connectivity index (χ3v) is 2.87. The summed E-state index contributed by atoms with van der Waals surface area (Å²) in [5.41, 5.74) is 3.30. The van der Waals surface area contributed by atoms with Crippen molar-refractivity contribution >= 4 is 11.7 Å². The molecule has 2 heterocycles. The Kier molecular flexibility index (Phi) is 2.92. The van der Waals surface area contributed by atoms with Gasteiger partial charge < -0.3 is 4.40 Å². The third-order valence-electron chi connectivity index (χ3n) is 2.87. The summed E-state index contributed by atoms with van der Waals surface area (Å²) in [4.78, 5) is 4.52. The number of hydrogen-bond acceptors (Lipinski definition) is 1. The van der Waals surface area contributed by atoms with E-state index in [-0.39, 0.29) is 0 Å². The molecule has 0 aliphatic rings. The van der Waals surface area contributed by atoms with Crippen molar-refractivity contribution < 1.29 is 0 Å². The molecule has 0 aliphatic heterocycles. The number of aromatic nitrogens is 2. The summed E-state index contributed by atoms with van der Waals surface area (Å²) in [7, 11) is 0. The lowest BCUT2D eigenvalue weighted by molar-refractivity contribution is 1.19. The first-order valence-corrected chi connectivity index (χ1v) is 6.06. The summed E-state index contributed by atoms with van der Waals surface area (Å²) >= 11 is 0. The van der Waals surface area contributed by atoms with Crippen LogP contribution in [0, 0.1) is 0 Å². The largest absolute Gasteiger partial charge is 0.306 e. The van der Waals surface area contributed by atoms with Crippen molar-refractivity contribution in [1.82, 2.24) is 9.38 Å². The Balaban J connectivity index is 1.76. The van der Waals surface area contributed by atoms with Gasteiger partial charge in [-0.3, -0.25) is 0 Å². The second-order valence-electron chi connectivity index (χ2n) is 4.22. The van der Waals surface area contributed by atoms with Crippen LogP contribution in [0.1, 0.15) is 11.3 Å². The summed E-state index contributed by atoms with van der Waals surface area (Å²) in [6.07, 6.45) is 9.21. The Hall–Kier alpha value is -2.35. The molecule has 3 rings (SSSR count). The van der Waals surface area contributed by atoms with E-state index in [0.717, 1.165) is 17.8 Å². The smallest absolute Gasteiger partial charge is 0.137 e. The van der Waals surface area contributed by atoms with Crippen LogP contribution in [0.4, 0.5) is 0 Å². The summed E-state index contributed by atoms with van der Waals surface area (Å²) in [5.74, 6) is 0. The number of rotatable bonds is 3. The van der Waals surface area contributed by atoms with Gasteiger partial charge >= 0.3 is 0 Å². The molecule has 2 aromatic heterocycles. The molecule has 2 nitrogen and oxygen atoms in total. The van der Waals surface area contributed by atoms with Crippen molar-refractivity contribution in [3.05, 3.63) is 78.3 Å². The van der Waals surface area contributed by atoms with Crippen LogP contribution in [0.15, 0.2) is 67.0 Å². The fourth-order valence-corrected chi connectivity index (χ4v) is 1.96. The lowest BCUT2D eigenvalue weighted by Crippen LogP contribution is -1.78. The zero-order valence-corrected chi connectivity index (χ0v) is 10.0. The fraction of sp³-hybridized carbons (Fsp3) is 0.0625. The van der Waals surface area contributed by atoms with Crippen molar-refractivity contribution in [2.24, 2.45) is 0 Å². The Morgan fingerprint density at radius 2 is 1.83 bits per heavy atom. The van der Waals surface area contributed by atoms with E-state index in [1.165, 1.54) is 5.56 Å². The van der Waals surface area contributed by atoms with Gasteiger partial charge in [-0.05, 0) is 30.2 Å². The summed E-state index contributed by atoms with van der Waals surface area (Å²) in [6.45, 7) is 0. The molecule has 0 N–H and O–H groups in total. The number of allylic oxidation sites excluding steroid dienone is 1. The molecule has 0 radical (unpaired) electrons. The van der Waals surface area contributed by atoms with E-state index in [2.05, 4.69) is 41.4 Å². The normalized spacial score (nSPS) is 11.3. The lowest BCUT2D eigenvalue weighted by Gasteiger charge is -1.93. The first kappa shape index (κ1) is 10.8. The molecule has 2 heteroatoms. The highest BCUT2D eigenvalue weighted by Crippen LogP contribution is 2.07. The van der Waals surface area contributed by atoms with Crippen LogP contribution in [0.2, 0.25) is 0 Å². The average molecular weight is 234 g/mol. The molecule has 0 aliphatic carbocycles. The highest BCUT2D eigenvalue weighted by molar-refractivity contribution is 5.51. The summed E-state index contributed by atoms with van der Waals surface area (Å²) in [6, 6.07) is 16.4. The Bertz CT molecular complexity index is 633. The fourth-order valence-electron chi connectivity index (χ4n) is 1.96. The maximum atomic E-state index is 4.52. The van der Waals surface area contributed by atoms with Crippen molar-refractivity contribution in [1.29, 1.82) is 0 Å². The van der Waals surface area contributed by atoms with Crippen LogP contribution in [-0.2, 0) is 6.42 Å². The summed E-state index contributed by atoms with van der Waals surface area (Å²) < 4.78 is 2.03. The van der Waals surface area contributed by atoms with Gasteiger partial charge in [0.05, 0.1) is 5.69 Å². The molecular weight excluding hydrogens is 220 g/mol. The van der Waals surface area contributed by atoms with Gasteiger partial charge in [0.2, 0.25) is 0 Å². The van der Waals surface area contributed by atoms with Crippen molar-refractivity contribution in [2.75, 3.05) is 0 Å². The van der Waals surface area contributed by atoms with E-state index >= 15 is 0 Å². The first-order chi connectivity index (χ1) is 8.92. The molecule has 0 saturated heterocycles. The second kappa shape index (κ2) is 4.88. The highest BCUT2D eigenvalue weighted by Gasteiger charge is 1.96. The Morgan fingerprint density at radius 3 is 2.67 bits per heavy atom. The number of pyridine rings is 1. The minimum absolute atomic E-state index is 0.939. The molecule has 18 heavy (non-hydrogen) atoms. The molecule has 0 fully saturated rings. The SMILES string of the molecule is C(=C/c1cn2ccccc2n1)/Cc1ccccc1. The van der Waals surface area contributed by atoms with E-state index in [9.17, 15) is 0 Å².